The predicted molar refractivity (Wildman–Crippen MR) is 73.5 cm³/mol. The Labute approximate surface area is 109 Å². The third-order valence-electron chi connectivity index (χ3n) is 2.96. The van der Waals surface area contributed by atoms with Gasteiger partial charge in [0.2, 0.25) is 5.91 Å². The smallest absolute Gasteiger partial charge is 0.238 e. The average molecular weight is 250 g/mol. The molecule has 4 nitrogen and oxygen atoms in total. The standard InChI is InChI=1S/C14H22N2O2/c1-10(2)16(4)9-14(18)15-13-8-6-5-7-12(13)11(3)17/h5-8,10-11,17H,9H2,1-4H3,(H,15,18). The highest BCUT2D eigenvalue weighted by molar-refractivity contribution is 5.93. The van der Waals surface area contributed by atoms with Crippen LogP contribution in [0.3, 0.4) is 0 Å². The highest BCUT2D eigenvalue weighted by Gasteiger charge is 2.12. The van der Waals surface area contributed by atoms with Crippen LogP contribution in [0.15, 0.2) is 24.3 Å². The second-order valence-corrected chi connectivity index (χ2v) is 4.82. The molecule has 100 valence electrons. The van der Waals surface area contributed by atoms with Crippen LogP contribution in [0, 0.1) is 0 Å². The van der Waals surface area contributed by atoms with Crippen molar-refractivity contribution in [1.29, 1.82) is 0 Å². The molecule has 0 saturated carbocycles. The summed E-state index contributed by atoms with van der Waals surface area (Å²) in [6.07, 6.45) is -0.593. The van der Waals surface area contributed by atoms with Crippen molar-refractivity contribution in [3.05, 3.63) is 29.8 Å². The number of rotatable bonds is 5. The number of amides is 1. The molecule has 0 spiro atoms. The summed E-state index contributed by atoms with van der Waals surface area (Å²) >= 11 is 0. The van der Waals surface area contributed by atoms with Gasteiger partial charge >= 0.3 is 0 Å². The molecule has 0 heterocycles. The van der Waals surface area contributed by atoms with E-state index < -0.39 is 6.10 Å². The average Bonchev–Trinajstić information content (AvgIpc) is 2.28. The molecule has 0 fully saturated rings. The number of nitrogens with one attached hydrogen (secondary N) is 1. The Morgan fingerprint density at radius 2 is 1.94 bits per heavy atom. The van der Waals surface area contributed by atoms with Gasteiger partial charge in [0.1, 0.15) is 0 Å². The van der Waals surface area contributed by atoms with E-state index in [-0.39, 0.29) is 5.91 Å². The van der Waals surface area contributed by atoms with Crippen molar-refractivity contribution >= 4 is 11.6 Å². The summed E-state index contributed by atoms with van der Waals surface area (Å²) in [6.45, 7) is 6.10. The zero-order valence-electron chi connectivity index (χ0n) is 11.5. The van der Waals surface area contributed by atoms with Gasteiger partial charge in [0.15, 0.2) is 0 Å². The normalized spacial score (nSPS) is 12.8. The zero-order valence-corrected chi connectivity index (χ0v) is 11.5. The minimum atomic E-state index is -0.593. The summed E-state index contributed by atoms with van der Waals surface area (Å²) in [7, 11) is 1.91. The van der Waals surface area contributed by atoms with Crippen LogP contribution in [0.5, 0.6) is 0 Å². The highest BCUT2D eigenvalue weighted by atomic mass is 16.3. The van der Waals surface area contributed by atoms with Crippen molar-refractivity contribution in [2.45, 2.75) is 32.9 Å². The van der Waals surface area contributed by atoms with Gasteiger partial charge in [0.25, 0.3) is 0 Å². The van der Waals surface area contributed by atoms with Gasteiger partial charge in [0, 0.05) is 17.3 Å². The van der Waals surface area contributed by atoms with Crippen molar-refractivity contribution in [2.75, 3.05) is 18.9 Å². The molecule has 0 aliphatic heterocycles. The Hall–Kier alpha value is -1.39. The number of anilines is 1. The molecule has 0 radical (unpaired) electrons. The first-order valence-corrected chi connectivity index (χ1v) is 6.19. The van der Waals surface area contributed by atoms with E-state index in [0.717, 1.165) is 5.56 Å². The Balaban J connectivity index is 2.70. The second-order valence-electron chi connectivity index (χ2n) is 4.82. The molecule has 1 rings (SSSR count). The van der Waals surface area contributed by atoms with Crippen molar-refractivity contribution < 1.29 is 9.90 Å². The molecule has 0 aromatic heterocycles. The lowest BCUT2D eigenvalue weighted by atomic mass is 10.1. The number of aliphatic hydroxyl groups excluding tert-OH is 1. The van der Waals surface area contributed by atoms with Gasteiger partial charge in [-0.2, -0.15) is 0 Å². The van der Waals surface area contributed by atoms with Crippen LogP contribution >= 0.6 is 0 Å². The first kappa shape index (κ1) is 14.7. The fourth-order valence-corrected chi connectivity index (χ4v) is 1.57. The van der Waals surface area contributed by atoms with E-state index in [2.05, 4.69) is 5.32 Å². The number of carbonyl (C=O) groups is 1. The summed E-state index contributed by atoms with van der Waals surface area (Å²) in [5, 5.41) is 12.5. The quantitative estimate of drug-likeness (QED) is 0.840. The Morgan fingerprint density at radius 1 is 1.33 bits per heavy atom. The van der Waals surface area contributed by atoms with Gasteiger partial charge in [-0.15, -0.1) is 0 Å². The summed E-state index contributed by atoms with van der Waals surface area (Å²) < 4.78 is 0. The molecule has 0 bridgehead atoms. The molecule has 4 heteroatoms. The maximum atomic E-state index is 11.9. The van der Waals surface area contributed by atoms with Crippen LogP contribution in [-0.4, -0.2) is 35.5 Å². The van der Waals surface area contributed by atoms with Crippen molar-refractivity contribution in [2.24, 2.45) is 0 Å². The van der Waals surface area contributed by atoms with E-state index in [1.807, 2.05) is 44.0 Å². The Bertz CT molecular complexity index is 403. The minimum Gasteiger partial charge on any atom is -0.389 e. The molecular weight excluding hydrogens is 228 g/mol. The number of nitrogens with zero attached hydrogens (tertiary/aromatic N) is 1. The first-order chi connectivity index (χ1) is 8.41. The molecule has 0 aliphatic carbocycles. The summed E-state index contributed by atoms with van der Waals surface area (Å²) in [4.78, 5) is 13.8. The number of carbonyl (C=O) groups excluding carboxylic acids is 1. The molecule has 2 N–H and O–H groups in total. The third kappa shape index (κ3) is 4.13. The lowest BCUT2D eigenvalue weighted by Gasteiger charge is -2.21. The number of likely N-dealkylation sites (N-methyl/N-ethyl adjacent to an activating group) is 1. The largest absolute Gasteiger partial charge is 0.389 e. The summed E-state index contributed by atoms with van der Waals surface area (Å²) in [5.41, 5.74) is 1.41. The molecule has 0 aliphatic rings. The maximum Gasteiger partial charge on any atom is 0.238 e. The van der Waals surface area contributed by atoms with E-state index in [0.29, 0.717) is 18.3 Å². The van der Waals surface area contributed by atoms with Crippen LogP contribution in [0.4, 0.5) is 5.69 Å². The predicted octanol–water partition coefficient (Wildman–Crippen LogP) is 2.02. The fourth-order valence-electron chi connectivity index (χ4n) is 1.57. The van der Waals surface area contributed by atoms with E-state index in [4.69, 9.17) is 0 Å². The zero-order chi connectivity index (χ0) is 13.7. The van der Waals surface area contributed by atoms with Crippen molar-refractivity contribution in [3.8, 4) is 0 Å². The lowest BCUT2D eigenvalue weighted by Crippen LogP contribution is -2.35. The van der Waals surface area contributed by atoms with Gasteiger partial charge in [-0.25, -0.2) is 0 Å². The lowest BCUT2D eigenvalue weighted by molar-refractivity contribution is -0.117. The molecule has 1 aromatic rings. The number of hydrogen-bond acceptors (Lipinski definition) is 3. The monoisotopic (exact) mass is 250 g/mol. The van der Waals surface area contributed by atoms with Crippen LogP contribution in [0.1, 0.15) is 32.4 Å². The van der Waals surface area contributed by atoms with E-state index >= 15 is 0 Å². The number of aliphatic hydroxyl groups is 1. The highest BCUT2D eigenvalue weighted by Crippen LogP contribution is 2.22. The number of benzene rings is 1. The molecular formula is C14H22N2O2. The van der Waals surface area contributed by atoms with Crippen LogP contribution in [-0.2, 0) is 4.79 Å². The molecule has 1 amide bonds. The molecule has 1 atom stereocenters. The fraction of sp³-hybridized carbons (Fsp3) is 0.500. The maximum absolute atomic E-state index is 11.9. The Morgan fingerprint density at radius 3 is 2.50 bits per heavy atom. The minimum absolute atomic E-state index is 0.0701. The van der Waals surface area contributed by atoms with Crippen LogP contribution in [0.25, 0.3) is 0 Å². The van der Waals surface area contributed by atoms with Gasteiger partial charge in [-0.05, 0) is 33.9 Å². The molecule has 1 aromatic carbocycles. The van der Waals surface area contributed by atoms with Gasteiger partial charge < -0.3 is 10.4 Å². The summed E-state index contributed by atoms with van der Waals surface area (Å²) in [5.74, 6) is -0.0701. The summed E-state index contributed by atoms with van der Waals surface area (Å²) in [6, 6.07) is 7.62. The number of hydrogen-bond donors (Lipinski definition) is 2. The van der Waals surface area contributed by atoms with Crippen LogP contribution in [0.2, 0.25) is 0 Å². The van der Waals surface area contributed by atoms with Crippen LogP contribution < -0.4 is 5.32 Å². The molecule has 18 heavy (non-hydrogen) atoms. The molecule has 0 saturated heterocycles. The van der Waals surface area contributed by atoms with E-state index in [1.54, 1.807) is 13.0 Å². The SMILES string of the molecule is CC(O)c1ccccc1NC(=O)CN(C)C(C)C. The second kappa shape index (κ2) is 6.52. The Kier molecular flexibility index (Phi) is 5.31. The van der Waals surface area contributed by atoms with Gasteiger partial charge in [0.05, 0.1) is 12.6 Å². The van der Waals surface area contributed by atoms with E-state index in [9.17, 15) is 9.90 Å². The van der Waals surface area contributed by atoms with Gasteiger partial charge in [-0.1, -0.05) is 18.2 Å². The topological polar surface area (TPSA) is 52.6 Å². The van der Waals surface area contributed by atoms with Crippen molar-refractivity contribution in [1.82, 2.24) is 4.90 Å². The number of para-hydroxylation sites is 1. The van der Waals surface area contributed by atoms with Crippen molar-refractivity contribution in [3.63, 3.8) is 0 Å². The first-order valence-electron chi connectivity index (χ1n) is 6.19. The van der Waals surface area contributed by atoms with E-state index in [1.165, 1.54) is 0 Å². The van der Waals surface area contributed by atoms with Gasteiger partial charge in [-0.3, -0.25) is 9.69 Å². The molecule has 1 unspecified atom stereocenters. The third-order valence-corrected chi connectivity index (χ3v) is 2.96.